The van der Waals surface area contributed by atoms with Crippen LogP contribution in [0.3, 0.4) is 0 Å². The summed E-state index contributed by atoms with van der Waals surface area (Å²) in [5.41, 5.74) is 0.671. The number of hydrogen-bond donors (Lipinski definition) is 1. The summed E-state index contributed by atoms with van der Waals surface area (Å²) in [6.45, 7) is 2.05. The highest BCUT2D eigenvalue weighted by Gasteiger charge is 2.17. The number of carbonyl (C=O) groups is 1. The van der Waals surface area contributed by atoms with Crippen LogP contribution in [0.5, 0.6) is 0 Å². The second-order valence-electron chi connectivity index (χ2n) is 5.40. The van der Waals surface area contributed by atoms with Gasteiger partial charge in [-0.1, -0.05) is 71.6 Å². The molecule has 11 heteroatoms. The predicted octanol–water partition coefficient (Wildman–Crippen LogP) is 5.17. The van der Waals surface area contributed by atoms with Crippen molar-refractivity contribution in [3.63, 3.8) is 0 Å². The molecular formula is C17H15ClFN5OS3. The maximum Gasteiger partial charge on any atom is 0.277 e. The van der Waals surface area contributed by atoms with E-state index in [0.717, 1.165) is 12.2 Å². The molecule has 1 N–H and O–H groups in total. The van der Waals surface area contributed by atoms with E-state index in [1.165, 1.54) is 47.1 Å². The number of aromatic nitrogens is 4. The summed E-state index contributed by atoms with van der Waals surface area (Å²) >= 11 is 10.1. The Labute approximate surface area is 178 Å². The third-order valence-electron chi connectivity index (χ3n) is 3.31. The van der Waals surface area contributed by atoms with E-state index >= 15 is 0 Å². The molecule has 3 rings (SSSR count). The van der Waals surface area contributed by atoms with Crippen LogP contribution in [-0.2, 0) is 5.75 Å². The molecule has 0 saturated carbocycles. The molecule has 0 unspecified atom stereocenters. The highest BCUT2D eigenvalue weighted by molar-refractivity contribution is 8.00. The lowest BCUT2D eigenvalue weighted by molar-refractivity contribution is 0.102. The van der Waals surface area contributed by atoms with Crippen molar-refractivity contribution in [1.29, 1.82) is 0 Å². The van der Waals surface area contributed by atoms with Gasteiger partial charge in [-0.2, -0.15) is 0 Å². The molecule has 0 aliphatic carbocycles. The quantitative estimate of drug-likeness (QED) is 0.285. The molecule has 0 spiro atoms. The van der Waals surface area contributed by atoms with Crippen molar-refractivity contribution < 1.29 is 9.18 Å². The van der Waals surface area contributed by atoms with Gasteiger partial charge in [0.25, 0.3) is 5.91 Å². The van der Waals surface area contributed by atoms with Crippen molar-refractivity contribution in [3.05, 3.63) is 52.6 Å². The van der Waals surface area contributed by atoms with Crippen molar-refractivity contribution in [2.45, 2.75) is 28.6 Å². The molecule has 0 bridgehead atoms. The first kappa shape index (κ1) is 21.0. The Morgan fingerprint density at radius 3 is 2.89 bits per heavy atom. The molecule has 0 radical (unpaired) electrons. The number of halogens is 2. The molecule has 0 fully saturated rings. The van der Waals surface area contributed by atoms with Gasteiger partial charge in [-0.3, -0.25) is 10.1 Å². The van der Waals surface area contributed by atoms with Gasteiger partial charge in [-0.05, 0) is 18.1 Å². The summed E-state index contributed by atoms with van der Waals surface area (Å²) in [5.74, 6) is 0.530. The number of benzene rings is 1. The molecular weight excluding hydrogens is 441 g/mol. The minimum Gasteiger partial charge on any atom is -0.295 e. The van der Waals surface area contributed by atoms with Crippen molar-refractivity contribution in [2.75, 3.05) is 11.1 Å². The molecule has 0 saturated heterocycles. The Kier molecular flexibility index (Phi) is 7.60. The molecule has 2 heterocycles. The lowest BCUT2D eigenvalue weighted by Gasteiger charge is -2.04. The van der Waals surface area contributed by atoms with Gasteiger partial charge < -0.3 is 0 Å². The SMILES string of the molecule is CCCSc1ncc(Cl)c(C(=O)Nc2nnc(SCc3ccccc3F)s2)n1. The number of nitrogens with zero attached hydrogens (tertiary/aromatic N) is 4. The number of nitrogens with one attached hydrogen (secondary N) is 1. The van der Waals surface area contributed by atoms with Crippen LogP contribution in [0.2, 0.25) is 5.02 Å². The number of amides is 1. The average molecular weight is 456 g/mol. The molecule has 0 aliphatic rings. The molecule has 28 heavy (non-hydrogen) atoms. The average Bonchev–Trinajstić information content (AvgIpc) is 3.14. The van der Waals surface area contributed by atoms with E-state index < -0.39 is 5.91 Å². The van der Waals surface area contributed by atoms with Crippen molar-refractivity contribution in [2.24, 2.45) is 0 Å². The Hall–Kier alpha value is -1.75. The highest BCUT2D eigenvalue weighted by Crippen LogP contribution is 2.29. The molecule has 6 nitrogen and oxygen atoms in total. The first-order chi connectivity index (χ1) is 13.6. The van der Waals surface area contributed by atoms with Gasteiger partial charge in [0.05, 0.1) is 11.2 Å². The topological polar surface area (TPSA) is 80.7 Å². The maximum atomic E-state index is 13.7. The van der Waals surface area contributed by atoms with Crippen LogP contribution < -0.4 is 5.32 Å². The number of thioether (sulfide) groups is 2. The zero-order valence-corrected chi connectivity index (χ0v) is 17.9. The molecule has 1 amide bonds. The van der Waals surface area contributed by atoms with Gasteiger partial charge in [-0.25, -0.2) is 14.4 Å². The van der Waals surface area contributed by atoms with Gasteiger partial charge in [0.2, 0.25) is 5.13 Å². The van der Waals surface area contributed by atoms with E-state index in [1.807, 2.05) is 6.92 Å². The van der Waals surface area contributed by atoms with E-state index in [2.05, 4.69) is 25.5 Å². The maximum absolute atomic E-state index is 13.7. The fraction of sp³-hybridized carbons (Fsp3) is 0.235. The normalized spacial score (nSPS) is 10.8. The summed E-state index contributed by atoms with van der Waals surface area (Å²) in [6, 6.07) is 6.56. The zero-order valence-electron chi connectivity index (χ0n) is 14.7. The molecule has 146 valence electrons. The summed E-state index contributed by atoms with van der Waals surface area (Å²) in [6.07, 6.45) is 2.38. The number of hydrogen-bond acceptors (Lipinski definition) is 8. The standard InChI is InChI=1S/C17H15ClFN5OS3/c1-2-7-26-15-20-8-11(18)13(21-15)14(25)22-16-23-24-17(28-16)27-9-10-5-3-4-6-12(10)19/h3-6,8H,2,7,9H2,1H3,(H,22,23,25). The molecule has 3 aromatic rings. The largest absolute Gasteiger partial charge is 0.295 e. The molecule has 0 atom stereocenters. The van der Waals surface area contributed by atoms with Crippen LogP contribution in [0.25, 0.3) is 0 Å². The van der Waals surface area contributed by atoms with E-state index in [-0.39, 0.29) is 16.5 Å². The number of anilines is 1. The second-order valence-corrected chi connectivity index (χ2v) is 9.07. The first-order valence-electron chi connectivity index (χ1n) is 8.23. The van der Waals surface area contributed by atoms with Crippen LogP contribution in [0.15, 0.2) is 40.0 Å². The van der Waals surface area contributed by atoms with E-state index in [4.69, 9.17) is 11.6 Å². The van der Waals surface area contributed by atoms with Gasteiger partial charge in [0.15, 0.2) is 15.2 Å². The summed E-state index contributed by atoms with van der Waals surface area (Å²) < 4.78 is 14.3. The molecule has 2 aromatic heterocycles. The zero-order chi connectivity index (χ0) is 19.9. The minimum atomic E-state index is -0.479. The van der Waals surface area contributed by atoms with Crippen LogP contribution in [0.1, 0.15) is 29.4 Å². The minimum absolute atomic E-state index is 0.0889. The summed E-state index contributed by atoms with van der Waals surface area (Å²) in [7, 11) is 0. The van der Waals surface area contributed by atoms with Crippen LogP contribution in [-0.4, -0.2) is 31.8 Å². The van der Waals surface area contributed by atoms with Gasteiger partial charge >= 0.3 is 0 Å². The fourth-order valence-electron chi connectivity index (χ4n) is 2.00. The first-order valence-corrected chi connectivity index (χ1v) is 11.4. The molecule has 1 aromatic carbocycles. The summed E-state index contributed by atoms with van der Waals surface area (Å²) in [4.78, 5) is 20.8. The second kappa shape index (κ2) is 10.1. The van der Waals surface area contributed by atoms with Crippen molar-refractivity contribution in [3.8, 4) is 0 Å². The summed E-state index contributed by atoms with van der Waals surface area (Å²) in [5, 5.41) is 11.6. The fourth-order valence-corrected chi connectivity index (χ4v) is 4.58. The van der Waals surface area contributed by atoms with E-state index in [1.54, 1.807) is 18.2 Å². The highest BCUT2D eigenvalue weighted by atomic mass is 35.5. The third kappa shape index (κ3) is 5.63. The van der Waals surface area contributed by atoms with Gasteiger partial charge in [-0.15, -0.1) is 10.2 Å². The van der Waals surface area contributed by atoms with Gasteiger partial charge in [0, 0.05) is 11.5 Å². The van der Waals surface area contributed by atoms with Crippen molar-refractivity contribution in [1.82, 2.24) is 20.2 Å². The Morgan fingerprint density at radius 2 is 2.11 bits per heavy atom. The van der Waals surface area contributed by atoms with Gasteiger partial charge in [0.1, 0.15) is 5.82 Å². The molecule has 0 aliphatic heterocycles. The lowest BCUT2D eigenvalue weighted by Crippen LogP contribution is -2.15. The Morgan fingerprint density at radius 1 is 1.29 bits per heavy atom. The monoisotopic (exact) mass is 455 g/mol. The van der Waals surface area contributed by atoms with Crippen LogP contribution in [0.4, 0.5) is 9.52 Å². The van der Waals surface area contributed by atoms with Crippen molar-refractivity contribution >= 4 is 57.5 Å². The number of carbonyl (C=O) groups excluding carboxylic acids is 1. The smallest absolute Gasteiger partial charge is 0.277 e. The van der Waals surface area contributed by atoms with Crippen LogP contribution in [0, 0.1) is 5.82 Å². The predicted molar refractivity (Wildman–Crippen MR) is 112 cm³/mol. The van der Waals surface area contributed by atoms with Crippen LogP contribution >= 0.6 is 46.5 Å². The Balaban J connectivity index is 1.63. The van der Waals surface area contributed by atoms with E-state index in [9.17, 15) is 9.18 Å². The lowest BCUT2D eigenvalue weighted by atomic mass is 10.2. The number of rotatable bonds is 8. The van der Waals surface area contributed by atoms with E-state index in [0.29, 0.717) is 25.9 Å². The Bertz CT molecular complexity index is 971. The third-order valence-corrected chi connectivity index (χ3v) is 6.67.